The molecule has 0 aromatic carbocycles. The van der Waals surface area contributed by atoms with Crippen molar-refractivity contribution in [3.8, 4) is 6.07 Å². The summed E-state index contributed by atoms with van der Waals surface area (Å²) in [6, 6.07) is 2.89. The molecule has 1 rings (SSSR count). The Balaban J connectivity index is 0. The van der Waals surface area contributed by atoms with Gasteiger partial charge in [0.05, 0.1) is 25.2 Å². The Morgan fingerprint density at radius 1 is 1.09 bits per heavy atom. The minimum atomic E-state index is -1.03. The maximum absolute atomic E-state index is 8.60. The van der Waals surface area contributed by atoms with Crippen molar-refractivity contribution in [1.82, 2.24) is 4.67 Å². The number of nitriles is 1. The molecule has 1 unspecified atom stereocenters. The molecule has 0 heterocycles. The van der Waals surface area contributed by atoms with Crippen LogP contribution in [0.2, 0.25) is 0 Å². The molecule has 1 aliphatic carbocycles. The second-order valence-corrected chi connectivity index (χ2v) is 6.61. The van der Waals surface area contributed by atoms with Gasteiger partial charge in [-0.2, -0.15) is 5.26 Å². The lowest BCUT2D eigenvalue weighted by Crippen LogP contribution is -2.35. The lowest BCUT2D eigenvalue weighted by molar-refractivity contribution is 0.0837. The zero-order chi connectivity index (χ0) is 17.5. The molecule has 22 heavy (non-hydrogen) atoms. The van der Waals surface area contributed by atoms with Gasteiger partial charge in [0, 0.05) is 12.1 Å². The Kier molecular flexibility index (Phi) is 17.2. The van der Waals surface area contributed by atoms with E-state index in [0.29, 0.717) is 31.2 Å². The van der Waals surface area contributed by atoms with Crippen LogP contribution in [0.3, 0.4) is 0 Å². The largest absolute Gasteiger partial charge is 0.321 e. The van der Waals surface area contributed by atoms with Crippen LogP contribution in [0.15, 0.2) is 0 Å². The average Bonchev–Trinajstić information content (AvgIpc) is 2.46. The van der Waals surface area contributed by atoms with Gasteiger partial charge in [0.15, 0.2) is 0 Å². The van der Waals surface area contributed by atoms with Crippen molar-refractivity contribution in [3.05, 3.63) is 0 Å². The first kappa shape index (κ1) is 24.1. The van der Waals surface area contributed by atoms with Gasteiger partial charge in [-0.05, 0) is 47.0 Å². The molecule has 0 bridgehead atoms. The van der Waals surface area contributed by atoms with Gasteiger partial charge in [-0.25, -0.2) is 4.67 Å². The molecule has 1 atom stereocenters. The molecule has 1 aliphatic rings. The maximum atomic E-state index is 8.60. The molecule has 0 saturated heterocycles. The standard InChI is InChI=1S/C13H25N2O2P.2C2H6/c1-11(2)15(12(3)4)18(16-10-6-9-14)17-13-7-5-8-13;2*1-2/h11-13H,5-8,10H2,1-4H3;2*1-2H3. The predicted octanol–water partition coefficient (Wildman–Crippen LogP) is 5.88. The van der Waals surface area contributed by atoms with Crippen LogP contribution in [-0.2, 0) is 9.05 Å². The Morgan fingerprint density at radius 2 is 1.59 bits per heavy atom. The van der Waals surface area contributed by atoms with E-state index in [4.69, 9.17) is 14.3 Å². The van der Waals surface area contributed by atoms with Crippen LogP contribution >= 0.6 is 8.53 Å². The molecule has 0 aromatic rings. The molecule has 1 fully saturated rings. The number of hydrogen-bond donors (Lipinski definition) is 0. The lowest BCUT2D eigenvalue weighted by Gasteiger charge is -2.39. The summed E-state index contributed by atoms with van der Waals surface area (Å²) in [7, 11) is -1.03. The van der Waals surface area contributed by atoms with Crippen LogP contribution in [0, 0.1) is 11.3 Å². The molecule has 0 spiro atoms. The van der Waals surface area contributed by atoms with E-state index < -0.39 is 8.53 Å². The van der Waals surface area contributed by atoms with E-state index in [1.54, 1.807) is 0 Å². The molecule has 1 saturated carbocycles. The topological polar surface area (TPSA) is 45.5 Å². The van der Waals surface area contributed by atoms with E-state index in [2.05, 4.69) is 38.4 Å². The Labute approximate surface area is 140 Å². The fourth-order valence-electron chi connectivity index (χ4n) is 1.90. The molecule has 0 radical (unpaired) electrons. The van der Waals surface area contributed by atoms with Gasteiger partial charge in [0.1, 0.15) is 0 Å². The first-order chi connectivity index (χ1) is 10.6. The highest BCUT2D eigenvalue weighted by atomic mass is 31.2. The normalized spacial score (nSPS) is 15.4. The Hall–Kier alpha value is -0.200. The quantitative estimate of drug-likeness (QED) is 0.411. The summed E-state index contributed by atoms with van der Waals surface area (Å²) in [6.45, 7) is 17.1. The van der Waals surface area contributed by atoms with Gasteiger partial charge in [-0.15, -0.1) is 0 Å². The second-order valence-electron chi connectivity index (χ2n) is 5.21. The summed E-state index contributed by atoms with van der Waals surface area (Å²) in [5.41, 5.74) is 0. The fourth-order valence-corrected chi connectivity index (χ4v) is 3.67. The molecule has 4 nitrogen and oxygen atoms in total. The van der Waals surface area contributed by atoms with E-state index >= 15 is 0 Å². The summed E-state index contributed by atoms with van der Waals surface area (Å²) < 4.78 is 14.2. The van der Waals surface area contributed by atoms with E-state index in [1.165, 1.54) is 6.42 Å². The average molecular weight is 332 g/mol. The van der Waals surface area contributed by atoms with Crippen LogP contribution in [0.25, 0.3) is 0 Å². The molecule has 0 amide bonds. The van der Waals surface area contributed by atoms with Crippen LogP contribution in [0.5, 0.6) is 0 Å². The summed E-state index contributed by atoms with van der Waals surface area (Å²) in [5, 5.41) is 8.60. The number of hydrogen-bond acceptors (Lipinski definition) is 4. The monoisotopic (exact) mass is 332 g/mol. The van der Waals surface area contributed by atoms with Crippen LogP contribution in [0.1, 0.15) is 81.1 Å². The predicted molar refractivity (Wildman–Crippen MR) is 96.6 cm³/mol. The number of nitrogens with zero attached hydrogens (tertiary/aromatic N) is 2. The minimum absolute atomic E-state index is 0.359. The zero-order valence-electron chi connectivity index (χ0n) is 15.9. The minimum Gasteiger partial charge on any atom is -0.321 e. The highest BCUT2D eigenvalue weighted by Gasteiger charge is 2.31. The number of rotatable bonds is 8. The van der Waals surface area contributed by atoms with Gasteiger partial charge in [-0.3, -0.25) is 0 Å². The molecule has 0 aliphatic heterocycles. The molecule has 132 valence electrons. The molecule has 5 heteroatoms. The summed E-state index contributed by atoms with van der Waals surface area (Å²) in [6.07, 6.45) is 4.33. The van der Waals surface area contributed by atoms with Crippen LogP contribution in [0.4, 0.5) is 0 Å². The third-order valence-electron chi connectivity index (χ3n) is 2.95. The van der Waals surface area contributed by atoms with Crippen molar-refractivity contribution in [3.63, 3.8) is 0 Å². The first-order valence-electron chi connectivity index (χ1n) is 8.81. The summed E-state index contributed by atoms with van der Waals surface area (Å²) in [5.74, 6) is 0. The highest BCUT2D eigenvalue weighted by Crippen LogP contribution is 2.49. The Bertz CT molecular complexity index is 268. The molecule has 0 N–H and O–H groups in total. The van der Waals surface area contributed by atoms with E-state index in [1.807, 2.05) is 27.7 Å². The lowest BCUT2D eigenvalue weighted by atomic mass is 9.97. The fraction of sp³-hybridized carbons (Fsp3) is 0.941. The third kappa shape index (κ3) is 9.74. The Morgan fingerprint density at radius 3 is 1.91 bits per heavy atom. The van der Waals surface area contributed by atoms with Gasteiger partial charge < -0.3 is 9.05 Å². The van der Waals surface area contributed by atoms with E-state index in [-0.39, 0.29) is 0 Å². The van der Waals surface area contributed by atoms with Gasteiger partial charge in [0.2, 0.25) is 0 Å². The van der Waals surface area contributed by atoms with E-state index in [0.717, 1.165) is 12.8 Å². The summed E-state index contributed by atoms with van der Waals surface area (Å²) >= 11 is 0. The van der Waals surface area contributed by atoms with Crippen molar-refractivity contribution in [2.75, 3.05) is 6.61 Å². The third-order valence-corrected chi connectivity index (χ3v) is 5.14. The zero-order valence-corrected chi connectivity index (χ0v) is 16.8. The SMILES string of the molecule is CC.CC.CC(C)N(C(C)C)P(OCCC#N)OC1CCC1. The van der Waals surface area contributed by atoms with Crippen LogP contribution < -0.4 is 0 Å². The van der Waals surface area contributed by atoms with Gasteiger partial charge in [-0.1, -0.05) is 27.7 Å². The van der Waals surface area contributed by atoms with Crippen molar-refractivity contribution in [1.29, 1.82) is 5.26 Å². The van der Waals surface area contributed by atoms with E-state index in [9.17, 15) is 0 Å². The van der Waals surface area contributed by atoms with Crippen molar-refractivity contribution in [2.24, 2.45) is 0 Å². The van der Waals surface area contributed by atoms with Crippen molar-refractivity contribution < 1.29 is 9.05 Å². The van der Waals surface area contributed by atoms with Crippen molar-refractivity contribution in [2.45, 2.75) is 99.3 Å². The second kappa shape index (κ2) is 15.7. The van der Waals surface area contributed by atoms with Crippen LogP contribution in [-0.4, -0.2) is 29.5 Å². The maximum Gasteiger partial charge on any atom is 0.259 e. The van der Waals surface area contributed by atoms with Gasteiger partial charge >= 0.3 is 0 Å². The molecule has 0 aromatic heterocycles. The smallest absolute Gasteiger partial charge is 0.259 e. The van der Waals surface area contributed by atoms with Gasteiger partial charge in [0.25, 0.3) is 8.53 Å². The van der Waals surface area contributed by atoms with Crippen molar-refractivity contribution >= 4 is 8.53 Å². The molecular formula is C17H37N2O2P. The highest BCUT2D eigenvalue weighted by molar-refractivity contribution is 7.44. The summed E-state index contributed by atoms with van der Waals surface area (Å²) in [4.78, 5) is 0. The first-order valence-corrected chi connectivity index (χ1v) is 9.94. The molecular weight excluding hydrogens is 295 g/mol.